The van der Waals surface area contributed by atoms with Crippen LogP contribution in [0.1, 0.15) is 42.0 Å². The van der Waals surface area contributed by atoms with Gasteiger partial charge < -0.3 is 5.73 Å². The molecule has 0 radical (unpaired) electrons. The number of benzene rings is 1. The smallest absolute Gasteiger partial charge is 0.332 e. The van der Waals surface area contributed by atoms with Crippen molar-refractivity contribution in [2.24, 2.45) is 16.8 Å². The maximum absolute atomic E-state index is 10.7. The highest BCUT2D eigenvalue weighted by Crippen LogP contribution is 2.21. The van der Waals surface area contributed by atoms with Crippen LogP contribution in [-0.2, 0) is 6.54 Å². The molecular weight excluding hydrogens is 276 g/mol. The van der Waals surface area contributed by atoms with E-state index in [0.29, 0.717) is 0 Å². The fourth-order valence-corrected chi connectivity index (χ4v) is 3.10. The molecule has 3 N–H and O–H groups in total. The summed E-state index contributed by atoms with van der Waals surface area (Å²) in [5.41, 5.74) is 12.0. The van der Waals surface area contributed by atoms with Crippen LogP contribution in [0.5, 0.6) is 0 Å². The van der Waals surface area contributed by atoms with Crippen molar-refractivity contribution in [1.29, 1.82) is 0 Å². The Bertz CT molecular complexity index is 568. The first-order valence-corrected chi connectivity index (χ1v) is 7.86. The summed E-state index contributed by atoms with van der Waals surface area (Å²) in [7, 11) is 0. The summed E-state index contributed by atoms with van der Waals surface area (Å²) in [5.74, 6) is 0.777. The van der Waals surface area contributed by atoms with E-state index in [1.165, 1.54) is 42.6 Å². The molecule has 120 valence electrons. The Morgan fingerprint density at radius 3 is 2.95 bits per heavy atom. The molecule has 1 aromatic carbocycles. The van der Waals surface area contributed by atoms with Gasteiger partial charge in [-0.05, 0) is 55.8 Å². The largest absolute Gasteiger partial charge is 0.350 e. The van der Waals surface area contributed by atoms with Gasteiger partial charge in [-0.15, -0.1) is 0 Å². The molecule has 1 fully saturated rings. The van der Waals surface area contributed by atoms with Crippen molar-refractivity contribution in [2.75, 3.05) is 13.1 Å². The molecule has 2 amide bonds. The number of aryl methyl sites for hydroxylation is 1. The van der Waals surface area contributed by atoms with Crippen molar-refractivity contribution >= 4 is 12.2 Å². The number of nitrogens with one attached hydrogen (secondary N) is 1. The monoisotopic (exact) mass is 302 g/mol. The van der Waals surface area contributed by atoms with E-state index in [1.807, 2.05) is 0 Å². The van der Waals surface area contributed by atoms with Gasteiger partial charge in [-0.2, -0.15) is 5.10 Å². The fraction of sp³-hybridized carbons (Fsp3) is 0.529. The first-order chi connectivity index (χ1) is 10.5. The molecule has 0 spiro atoms. The molecule has 0 bridgehead atoms. The number of piperidine rings is 1. The van der Waals surface area contributed by atoms with Gasteiger partial charge in [0.2, 0.25) is 0 Å². The van der Waals surface area contributed by atoms with E-state index in [1.54, 1.807) is 6.21 Å². The Morgan fingerprint density at radius 1 is 1.50 bits per heavy atom. The van der Waals surface area contributed by atoms with Gasteiger partial charge in [0.1, 0.15) is 0 Å². The van der Waals surface area contributed by atoms with Crippen molar-refractivity contribution in [1.82, 2.24) is 10.3 Å². The average Bonchev–Trinajstić information content (AvgIpc) is 2.43. The molecular formula is C17H26N4O. The number of likely N-dealkylation sites (tertiary alicyclic amines) is 1. The lowest BCUT2D eigenvalue weighted by molar-refractivity contribution is 0.176. The first-order valence-electron chi connectivity index (χ1n) is 7.86. The van der Waals surface area contributed by atoms with Crippen LogP contribution in [0.25, 0.3) is 0 Å². The zero-order chi connectivity index (χ0) is 16.1. The number of hydrazone groups is 1. The van der Waals surface area contributed by atoms with Crippen molar-refractivity contribution in [3.8, 4) is 0 Å². The summed E-state index contributed by atoms with van der Waals surface area (Å²) in [5, 5.41) is 3.88. The molecule has 1 atom stereocenters. The third kappa shape index (κ3) is 4.56. The molecule has 1 saturated heterocycles. The molecule has 1 aromatic rings. The van der Waals surface area contributed by atoms with Crippen LogP contribution in [0.3, 0.4) is 0 Å². The quantitative estimate of drug-likeness (QED) is 0.663. The lowest BCUT2D eigenvalue weighted by Gasteiger charge is -2.31. The first kappa shape index (κ1) is 16.5. The van der Waals surface area contributed by atoms with Crippen LogP contribution < -0.4 is 11.2 Å². The summed E-state index contributed by atoms with van der Waals surface area (Å²) < 4.78 is 0. The average molecular weight is 302 g/mol. The molecule has 0 saturated carbocycles. The van der Waals surface area contributed by atoms with E-state index in [2.05, 4.69) is 48.3 Å². The number of nitrogens with zero attached hydrogens (tertiary/aromatic N) is 2. The van der Waals surface area contributed by atoms with E-state index >= 15 is 0 Å². The van der Waals surface area contributed by atoms with Crippen molar-refractivity contribution in [3.63, 3.8) is 0 Å². The molecule has 1 unspecified atom stereocenters. The fourth-order valence-electron chi connectivity index (χ4n) is 3.10. The van der Waals surface area contributed by atoms with Crippen LogP contribution in [0, 0.1) is 19.8 Å². The second-order valence-corrected chi connectivity index (χ2v) is 6.36. The van der Waals surface area contributed by atoms with Crippen molar-refractivity contribution in [2.45, 2.75) is 40.2 Å². The standard InChI is InChI=1S/C17H26N4O/c1-12-5-4-6-21(10-12)11-16-8-13(2)7-15(14(16)3)9-19-20-17(18)22/h7-9,12H,4-6,10-11H2,1-3H3,(H3,18,20,22). The predicted molar refractivity (Wildman–Crippen MR) is 89.9 cm³/mol. The van der Waals surface area contributed by atoms with Gasteiger partial charge >= 0.3 is 6.03 Å². The van der Waals surface area contributed by atoms with Gasteiger partial charge in [0, 0.05) is 13.1 Å². The van der Waals surface area contributed by atoms with Gasteiger partial charge in [-0.1, -0.05) is 24.6 Å². The van der Waals surface area contributed by atoms with E-state index in [0.717, 1.165) is 18.0 Å². The zero-order valence-corrected chi connectivity index (χ0v) is 13.7. The number of urea groups is 1. The molecule has 1 aliphatic rings. The Kier molecular flexibility index (Phi) is 5.55. The summed E-state index contributed by atoms with van der Waals surface area (Å²) >= 11 is 0. The topological polar surface area (TPSA) is 70.7 Å². The number of hydrogen-bond acceptors (Lipinski definition) is 3. The SMILES string of the molecule is Cc1cc(C=NNC(N)=O)c(C)c(CN2CCCC(C)C2)c1. The van der Waals surface area contributed by atoms with Gasteiger partial charge in [-0.25, -0.2) is 10.2 Å². The van der Waals surface area contributed by atoms with Crippen molar-refractivity contribution < 1.29 is 4.79 Å². The van der Waals surface area contributed by atoms with Crippen LogP contribution >= 0.6 is 0 Å². The minimum absolute atomic E-state index is 0.649. The number of nitrogens with two attached hydrogens (primary N) is 1. The second-order valence-electron chi connectivity index (χ2n) is 6.36. The Morgan fingerprint density at radius 2 is 2.27 bits per heavy atom. The van der Waals surface area contributed by atoms with Crippen LogP contribution in [0.2, 0.25) is 0 Å². The van der Waals surface area contributed by atoms with Gasteiger partial charge in [0.25, 0.3) is 0 Å². The minimum atomic E-state index is -0.649. The van der Waals surface area contributed by atoms with Gasteiger partial charge in [0.15, 0.2) is 0 Å². The van der Waals surface area contributed by atoms with Crippen LogP contribution in [-0.4, -0.2) is 30.2 Å². The predicted octanol–water partition coefficient (Wildman–Crippen LogP) is 2.54. The van der Waals surface area contributed by atoms with Crippen molar-refractivity contribution in [3.05, 3.63) is 34.4 Å². The number of carbonyl (C=O) groups excluding carboxylic acids is 1. The lowest BCUT2D eigenvalue weighted by atomic mass is 9.96. The van der Waals surface area contributed by atoms with Crippen LogP contribution in [0.4, 0.5) is 4.79 Å². The molecule has 5 nitrogen and oxygen atoms in total. The molecule has 0 aliphatic carbocycles. The number of hydrogen-bond donors (Lipinski definition) is 2. The molecule has 22 heavy (non-hydrogen) atoms. The molecule has 5 heteroatoms. The highest BCUT2D eigenvalue weighted by Gasteiger charge is 2.17. The third-order valence-electron chi connectivity index (χ3n) is 4.21. The normalized spacial score (nSPS) is 19.5. The summed E-state index contributed by atoms with van der Waals surface area (Å²) in [6.45, 7) is 9.82. The summed E-state index contributed by atoms with van der Waals surface area (Å²) in [6, 6.07) is 3.67. The second kappa shape index (κ2) is 7.40. The summed E-state index contributed by atoms with van der Waals surface area (Å²) in [4.78, 5) is 13.2. The van der Waals surface area contributed by atoms with E-state index in [4.69, 9.17) is 5.73 Å². The molecule has 2 rings (SSSR count). The highest BCUT2D eigenvalue weighted by molar-refractivity contribution is 5.84. The molecule has 1 aliphatic heterocycles. The molecule has 0 aromatic heterocycles. The lowest BCUT2D eigenvalue weighted by Crippen LogP contribution is -2.34. The number of rotatable bonds is 4. The number of amides is 2. The maximum atomic E-state index is 10.7. The van der Waals surface area contributed by atoms with Gasteiger partial charge in [0.05, 0.1) is 6.21 Å². The highest BCUT2D eigenvalue weighted by atomic mass is 16.2. The number of carbonyl (C=O) groups is 1. The Hall–Kier alpha value is -1.88. The maximum Gasteiger partial charge on any atom is 0.332 e. The number of primary amides is 1. The van der Waals surface area contributed by atoms with Crippen LogP contribution in [0.15, 0.2) is 17.2 Å². The van der Waals surface area contributed by atoms with E-state index in [-0.39, 0.29) is 0 Å². The Labute approximate surface area is 132 Å². The Balaban J connectivity index is 2.15. The minimum Gasteiger partial charge on any atom is -0.350 e. The zero-order valence-electron chi connectivity index (χ0n) is 13.7. The summed E-state index contributed by atoms with van der Waals surface area (Å²) in [6.07, 6.45) is 4.28. The third-order valence-corrected chi connectivity index (χ3v) is 4.21. The molecule has 1 heterocycles. The van der Waals surface area contributed by atoms with E-state index < -0.39 is 6.03 Å². The van der Waals surface area contributed by atoms with Gasteiger partial charge in [-0.3, -0.25) is 4.90 Å². The van der Waals surface area contributed by atoms with E-state index in [9.17, 15) is 4.79 Å².